The Morgan fingerprint density at radius 3 is 2.13 bits per heavy atom. The first-order valence-corrected chi connectivity index (χ1v) is 9.71. The number of amides is 1. The van der Waals surface area contributed by atoms with Gasteiger partial charge in [0.2, 0.25) is 0 Å². The Kier molecular flexibility index (Phi) is 6.92. The Hall–Kier alpha value is -3.80. The number of carbonyl (C=O) groups excluding carboxylic acids is 3. The number of nitrogens with zero attached hydrogens (tertiary/aromatic N) is 1. The van der Waals surface area contributed by atoms with Gasteiger partial charge in [0.05, 0.1) is 5.56 Å². The first-order chi connectivity index (χ1) is 14.8. The normalized spacial score (nSPS) is 10.4. The summed E-state index contributed by atoms with van der Waals surface area (Å²) in [6.07, 6.45) is 0. The van der Waals surface area contributed by atoms with Gasteiger partial charge in [0, 0.05) is 24.7 Å². The van der Waals surface area contributed by atoms with E-state index in [-0.39, 0.29) is 29.3 Å². The number of likely N-dealkylation sites (N-methyl/N-ethyl adjacent to an activating group) is 1. The third kappa shape index (κ3) is 5.63. The van der Waals surface area contributed by atoms with Crippen molar-refractivity contribution >= 4 is 17.7 Å². The highest BCUT2D eigenvalue weighted by molar-refractivity contribution is 6.14. The molecule has 3 rings (SSSR count). The van der Waals surface area contributed by atoms with Gasteiger partial charge in [-0.3, -0.25) is 9.59 Å². The molecular weight excluding hydrogens is 397 g/mol. The summed E-state index contributed by atoms with van der Waals surface area (Å²) >= 11 is 0. The quantitative estimate of drug-likeness (QED) is 0.426. The smallest absolute Gasteiger partial charge is 0.339 e. The lowest BCUT2D eigenvalue weighted by molar-refractivity contribution is -0.133. The molecule has 0 fully saturated rings. The summed E-state index contributed by atoms with van der Waals surface area (Å²) in [7, 11) is 1.56. The first-order valence-electron chi connectivity index (χ1n) is 9.71. The molecule has 0 radical (unpaired) electrons. The molecule has 0 atom stereocenters. The molecule has 0 saturated carbocycles. The van der Waals surface area contributed by atoms with E-state index in [0.717, 1.165) is 11.1 Å². The van der Waals surface area contributed by atoms with E-state index in [0.29, 0.717) is 5.56 Å². The van der Waals surface area contributed by atoms with Gasteiger partial charge in [-0.1, -0.05) is 60.2 Å². The number of ketones is 1. The molecule has 0 N–H and O–H groups in total. The van der Waals surface area contributed by atoms with Crippen LogP contribution in [0.25, 0.3) is 0 Å². The van der Waals surface area contributed by atoms with Gasteiger partial charge in [0.1, 0.15) is 5.82 Å². The van der Waals surface area contributed by atoms with Crippen LogP contribution in [0.5, 0.6) is 0 Å². The molecule has 0 heterocycles. The van der Waals surface area contributed by atoms with E-state index >= 15 is 0 Å². The molecule has 0 spiro atoms. The number of carbonyl (C=O) groups is 3. The second-order valence-electron chi connectivity index (χ2n) is 7.19. The molecule has 0 unspecified atom stereocenters. The van der Waals surface area contributed by atoms with Crippen LogP contribution in [0.15, 0.2) is 72.8 Å². The Morgan fingerprint density at radius 1 is 0.871 bits per heavy atom. The molecule has 6 heteroatoms. The van der Waals surface area contributed by atoms with Gasteiger partial charge in [-0.05, 0) is 30.7 Å². The molecule has 0 aliphatic carbocycles. The van der Waals surface area contributed by atoms with Crippen molar-refractivity contribution in [2.24, 2.45) is 0 Å². The van der Waals surface area contributed by atoms with Gasteiger partial charge in [0.25, 0.3) is 5.91 Å². The average molecular weight is 419 g/mol. The average Bonchev–Trinajstić information content (AvgIpc) is 2.78. The predicted molar refractivity (Wildman–Crippen MR) is 114 cm³/mol. The van der Waals surface area contributed by atoms with Crippen LogP contribution in [-0.2, 0) is 16.1 Å². The van der Waals surface area contributed by atoms with Crippen molar-refractivity contribution in [3.05, 3.63) is 106 Å². The van der Waals surface area contributed by atoms with E-state index in [1.54, 1.807) is 49.5 Å². The third-order valence-corrected chi connectivity index (χ3v) is 4.79. The van der Waals surface area contributed by atoms with E-state index in [2.05, 4.69) is 0 Å². The number of ether oxygens (including phenoxy) is 1. The Balaban J connectivity index is 1.65. The molecule has 5 nitrogen and oxygen atoms in total. The van der Waals surface area contributed by atoms with Crippen molar-refractivity contribution in [3.63, 3.8) is 0 Å². The van der Waals surface area contributed by atoms with Crippen LogP contribution >= 0.6 is 0 Å². The molecule has 0 aliphatic heterocycles. The second kappa shape index (κ2) is 9.80. The minimum Gasteiger partial charge on any atom is -0.452 e. The summed E-state index contributed by atoms with van der Waals surface area (Å²) in [4.78, 5) is 39.1. The molecule has 31 heavy (non-hydrogen) atoms. The second-order valence-corrected chi connectivity index (χ2v) is 7.19. The molecule has 3 aromatic rings. The molecule has 0 bridgehead atoms. The Morgan fingerprint density at radius 2 is 1.48 bits per heavy atom. The summed E-state index contributed by atoms with van der Waals surface area (Å²) in [6.45, 7) is 1.70. The zero-order chi connectivity index (χ0) is 22.4. The number of rotatable bonds is 7. The summed E-state index contributed by atoms with van der Waals surface area (Å²) in [5.41, 5.74) is 2.54. The van der Waals surface area contributed by atoms with Crippen LogP contribution in [-0.4, -0.2) is 36.2 Å². The lowest BCUT2D eigenvalue weighted by Crippen LogP contribution is -2.31. The molecule has 0 saturated heterocycles. The number of benzene rings is 3. The maximum absolute atomic E-state index is 13.0. The van der Waals surface area contributed by atoms with Gasteiger partial charge < -0.3 is 9.64 Å². The van der Waals surface area contributed by atoms with Crippen molar-refractivity contribution in [1.29, 1.82) is 0 Å². The number of aryl methyl sites for hydroxylation is 1. The fourth-order valence-electron chi connectivity index (χ4n) is 2.99. The topological polar surface area (TPSA) is 63.7 Å². The maximum Gasteiger partial charge on any atom is 0.339 e. The van der Waals surface area contributed by atoms with Crippen LogP contribution < -0.4 is 0 Å². The predicted octanol–water partition coefficient (Wildman–Crippen LogP) is 4.18. The molecule has 1 amide bonds. The summed E-state index contributed by atoms with van der Waals surface area (Å²) in [5, 5.41) is 0. The van der Waals surface area contributed by atoms with E-state index < -0.39 is 18.5 Å². The fourth-order valence-corrected chi connectivity index (χ4v) is 2.99. The number of hydrogen-bond acceptors (Lipinski definition) is 4. The van der Waals surface area contributed by atoms with Crippen LogP contribution in [0.2, 0.25) is 0 Å². The zero-order valence-electron chi connectivity index (χ0n) is 17.3. The van der Waals surface area contributed by atoms with Crippen molar-refractivity contribution in [2.75, 3.05) is 13.7 Å². The number of halogens is 1. The fraction of sp³-hybridized carbons (Fsp3) is 0.160. The van der Waals surface area contributed by atoms with E-state index in [9.17, 15) is 18.8 Å². The van der Waals surface area contributed by atoms with Crippen molar-refractivity contribution < 1.29 is 23.5 Å². The number of esters is 1. The van der Waals surface area contributed by atoms with Gasteiger partial charge >= 0.3 is 5.97 Å². The highest BCUT2D eigenvalue weighted by atomic mass is 19.1. The summed E-state index contributed by atoms with van der Waals surface area (Å²) < 4.78 is 18.2. The molecule has 0 aliphatic rings. The van der Waals surface area contributed by atoms with E-state index in [4.69, 9.17) is 4.74 Å². The standard InChI is InChI=1S/C25H22FNO4/c1-17-7-11-19(12-8-17)24(29)21-5-3-4-6-22(21)25(30)31-16-23(28)27(2)15-18-9-13-20(26)14-10-18/h3-14H,15-16H2,1-2H3. The zero-order valence-corrected chi connectivity index (χ0v) is 17.3. The molecule has 158 valence electrons. The van der Waals surface area contributed by atoms with Crippen molar-refractivity contribution in [3.8, 4) is 0 Å². The largest absolute Gasteiger partial charge is 0.452 e. The highest BCUT2D eigenvalue weighted by Crippen LogP contribution is 2.17. The van der Waals surface area contributed by atoms with Crippen molar-refractivity contribution in [1.82, 2.24) is 4.90 Å². The molecule has 3 aromatic carbocycles. The van der Waals surface area contributed by atoms with Crippen LogP contribution in [0.3, 0.4) is 0 Å². The van der Waals surface area contributed by atoms with Gasteiger partial charge in [-0.25, -0.2) is 9.18 Å². The Labute approximate surface area is 180 Å². The molecular formula is C25H22FNO4. The van der Waals surface area contributed by atoms with E-state index in [1.807, 2.05) is 19.1 Å². The highest BCUT2D eigenvalue weighted by Gasteiger charge is 2.20. The lowest BCUT2D eigenvalue weighted by Gasteiger charge is -2.17. The van der Waals surface area contributed by atoms with Crippen LogP contribution in [0.1, 0.15) is 37.4 Å². The van der Waals surface area contributed by atoms with Gasteiger partial charge in [-0.2, -0.15) is 0 Å². The van der Waals surface area contributed by atoms with Crippen molar-refractivity contribution in [2.45, 2.75) is 13.5 Å². The monoisotopic (exact) mass is 419 g/mol. The van der Waals surface area contributed by atoms with Gasteiger partial charge in [-0.15, -0.1) is 0 Å². The van der Waals surface area contributed by atoms with E-state index in [1.165, 1.54) is 23.1 Å². The number of hydrogen-bond donors (Lipinski definition) is 0. The lowest BCUT2D eigenvalue weighted by atomic mass is 9.98. The van der Waals surface area contributed by atoms with Crippen LogP contribution in [0, 0.1) is 12.7 Å². The summed E-state index contributed by atoms with van der Waals surface area (Å²) in [6, 6.07) is 19.2. The van der Waals surface area contributed by atoms with Gasteiger partial charge in [0.15, 0.2) is 12.4 Å². The molecule has 0 aromatic heterocycles. The minimum absolute atomic E-state index is 0.0991. The Bertz CT molecular complexity index is 1090. The SMILES string of the molecule is Cc1ccc(C(=O)c2ccccc2C(=O)OCC(=O)N(C)Cc2ccc(F)cc2)cc1. The summed E-state index contributed by atoms with van der Waals surface area (Å²) in [5.74, 6) is -1.82. The first kappa shape index (κ1) is 21.9. The van der Waals surface area contributed by atoms with Crippen LogP contribution in [0.4, 0.5) is 4.39 Å². The minimum atomic E-state index is -0.750. The maximum atomic E-state index is 13.0. The third-order valence-electron chi connectivity index (χ3n) is 4.79.